The van der Waals surface area contributed by atoms with Crippen molar-refractivity contribution in [1.82, 2.24) is 15.0 Å². The molecule has 5 heteroatoms. The minimum atomic E-state index is -0.0819. The second kappa shape index (κ2) is 5.57. The number of rotatable bonds is 4. The van der Waals surface area contributed by atoms with Gasteiger partial charge in [-0.1, -0.05) is 18.2 Å². The molecule has 0 aliphatic rings. The van der Waals surface area contributed by atoms with E-state index in [-0.39, 0.29) is 5.54 Å². The summed E-state index contributed by atoms with van der Waals surface area (Å²) in [5.41, 5.74) is 2.74. The molecule has 0 amide bonds. The Balaban J connectivity index is 2.20. The largest absolute Gasteiger partial charge is 0.374 e. The number of fused-ring (bicyclic) bond motifs is 3. The lowest BCUT2D eigenvalue weighted by Crippen LogP contribution is -2.26. The summed E-state index contributed by atoms with van der Waals surface area (Å²) in [7, 11) is 0. The molecular weight excluding hydrogens is 276 g/mol. The number of H-pyrrole nitrogens is 1. The minimum Gasteiger partial charge on any atom is -0.374 e. The highest BCUT2D eigenvalue weighted by molar-refractivity contribution is 6.06. The molecular formula is C17H22N4O. The Morgan fingerprint density at radius 3 is 2.68 bits per heavy atom. The van der Waals surface area contributed by atoms with Crippen molar-refractivity contribution in [2.24, 2.45) is 0 Å². The highest BCUT2D eigenvalue weighted by atomic mass is 16.5. The fourth-order valence-electron chi connectivity index (χ4n) is 2.45. The summed E-state index contributed by atoms with van der Waals surface area (Å²) in [5, 5.41) is 4.53. The van der Waals surface area contributed by atoms with Crippen LogP contribution in [-0.2, 0) is 11.3 Å². The van der Waals surface area contributed by atoms with Gasteiger partial charge in [0.2, 0.25) is 0 Å². The van der Waals surface area contributed by atoms with E-state index in [1.807, 2.05) is 25.1 Å². The maximum absolute atomic E-state index is 5.47. The lowest BCUT2D eigenvalue weighted by Gasteiger charge is -2.21. The van der Waals surface area contributed by atoms with Gasteiger partial charge in [-0.25, -0.2) is 9.97 Å². The smallest absolute Gasteiger partial charge is 0.155 e. The molecule has 2 aromatic heterocycles. The lowest BCUT2D eigenvalue weighted by atomic mass is 10.1. The molecule has 1 aromatic carbocycles. The van der Waals surface area contributed by atoms with E-state index in [4.69, 9.17) is 9.72 Å². The Morgan fingerprint density at radius 2 is 1.95 bits per heavy atom. The average Bonchev–Trinajstić information content (AvgIpc) is 2.88. The van der Waals surface area contributed by atoms with Crippen molar-refractivity contribution < 1.29 is 4.74 Å². The molecule has 0 atom stereocenters. The van der Waals surface area contributed by atoms with Crippen LogP contribution in [-0.4, -0.2) is 27.1 Å². The first-order chi connectivity index (χ1) is 10.5. The Labute approximate surface area is 130 Å². The predicted molar refractivity (Wildman–Crippen MR) is 90.1 cm³/mol. The van der Waals surface area contributed by atoms with Crippen LogP contribution in [0.25, 0.3) is 21.9 Å². The molecule has 3 aromatic rings. The Hall–Kier alpha value is -2.14. The Bertz CT molecular complexity index is 801. The van der Waals surface area contributed by atoms with Gasteiger partial charge in [0.15, 0.2) is 5.82 Å². The third-order valence-electron chi connectivity index (χ3n) is 3.32. The number of aromatic nitrogens is 3. The van der Waals surface area contributed by atoms with Gasteiger partial charge in [0, 0.05) is 17.5 Å². The normalized spacial score (nSPS) is 12.2. The predicted octanol–water partition coefficient (Wildman–Crippen LogP) is 3.86. The molecule has 0 aliphatic carbocycles. The third kappa shape index (κ3) is 2.90. The van der Waals surface area contributed by atoms with E-state index in [1.54, 1.807) is 0 Å². The number of para-hydroxylation sites is 1. The number of hydrogen-bond donors (Lipinski definition) is 2. The Morgan fingerprint density at radius 1 is 1.18 bits per heavy atom. The first-order valence-electron chi connectivity index (χ1n) is 7.61. The maximum atomic E-state index is 5.47. The molecule has 2 N–H and O–H groups in total. The van der Waals surface area contributed by atoms with Crippen molar-refractivity contribution in [1.29, 1.82) is 0 Å². The summed E-state index contributed by atoms with van der Waals surface area (Å²) in [6.07, 6.45) is 0. The first kappa shape index (κ1) is 14.8. The zero-order valence-corrected chi connectivity index (χ0v) is 13.5. The fraction of sp³-hybridized carbons (Fsp3) is 0.412. The second-order valence-electron chi connectivity index (χ2n) is 6.40. The average molecular weight is 298 g/mol. The van der Waals surface area contributed by atoms with Crippen molar-refractivity contribution in [3.8, 4) is 0 Å². The van der Waals surface area contributed by atoms with Gasteiger partial charge < -0.3 is 15.0 Å². The van der Waals surface area contributed by atoms with Crippen LogP contribution in [0.15, 0.2) is 24.3 Å². The number of benzene rings is 1. The molecule has 0 fully saturated rings. The van der Waals surface area contributed by atoms with Crippen LogP contribution in [0.5, 0.6) is 0 Å². The van der Waals surface area contributed by atoms with Gasteiger partial charge in [-0.05, 0) is 33.8 Å². The van der Waals surface area contributed by atoms with E-state index < -0.39 is 0 Å². The van der Waals surface area contributed by atoms with Gasteiger partial charge in [-0.2, -0.15) is 0 Å². The molecule has 0 radical (unpaired) electrons. The van der Waals surface area contributed by atoms with Gasteiger partial charge in [0.1, 0.15) is 17.9 Å². The topological polar surface area (TPSA) is 62.8 Å². The number of pyridine rings is 1. The number of hydrogen-bond acceptors (Lipinski definition) is 4. The van der Waals surface area contributed by atoms with Crippen LogP contribution in [0.4, 0.5) is 5.82 Å². The summed E-state index contributed by atoms with van der Waals surface area (Å²) in [6.45, 7) is 9.47. The van der Waals surface area contributed by atoms with Gasteiger partial charge in [-0.15, -0.1) is 0 Å². The molecule has 0 saturated carbocycles. The van der Waals surface area contributed by atoms with E-state index in [1.165, 1.54) is 0 Å². The number of nitrogens with one attached hydrogen (secondary N) is 2. The van der Waals surface area contributed by atoms with Gasteiger partial charge in [-0.3, -0.25) is 0 Å². The zero-order valence-electron chi connectivity index (χ0n) is 13.5. The summed E-state index contributed by atoms with van der Waals surface area (Å²) < 4.78 is 5.47. The van der Waals surface area contributed by atoms with Crippen molar-refractivity contribution in [2.45, 2.75) is 39.8 Å². The molecule has 116 valence electrons. The van der Waals surface area contributed by atoms with E-state index in [2.05, 4.69) is 42.1 Å². The van der Waals surface area contributed by atoms with Gasteiger partial charge in [0.25, 0.3) is 0 Å². The SMILES string of the molecule is CCOCc1nc2c(NC(C)(C)C)nc3ccccc3c2[nH]1. The van der Waals surface area contributed by atoms with Crippen molar-refractivity contribution in [3.63, 3.8) is 0 Å². The minimum absolute atomic E-state index is 0.0819. The van der Waals surface area contributed by atoms with Crippen molar-refractivity contribution in [2.75, 3.05) is 11.9 Å². The molecule has 0 unspecified atom stereocenters. The summed E-state index contributed by atoms with van der Waals surface area (Å²) >= 11 is 0. The quantitative estimate of drug-likeness (QED) is 0.768. The van der Waals surface area contributed by atoms with Gasteiger partial charge >= 0.3 is 0 Å². The highest BCUT2D eigenvalue weighted by Gasteiger charge is 2.17. The van der Waals surface area contributed by atoms with Crippen LogP contribution in [0.3, 0.4) is 0 Å². The van der Waals surface area contributed by atoms with Crippen LogP contribution >= 0.6 is 0 Å². The standard InChI is InChI=1S/C17H22N4O/c1-5-22-10-13-19-14-11-8-6-7-9-12(11)18-16(15(14)20-13)21-17(2,3)4/h6-9H,5,10H2,1-4H3,(H,18,21)(H,19,20). The van der Waals surface area contributed by atoms with Crippen LogP contribution in [0, 0.1) is 0 Å². The molecule has 0 bridgehead atoms. The van der Waals surface area contributed by atoms with Crippen LogP contribution in [0.2, 0.25) is 0 Å². The van der Waals surface area contributed by atoms with E-state index in [0.29, 0.717) is 13.2 Å². The first-order valence-corrected chi connectivity index (χ1v) is 7.61. The fourth-order valence-corrected chi connectivity index (χ4v) is 2.45. The van der Waals surface area contributed by atoms with Crippen LogP contribution < -0.4 is 5.32 Å². The summed E-state index contributed by atoms with van der Waals surface area (Å²) in [4.78, 5) is 12.8. The molecule has 0 aliphatic heterocycles. The molecule has 0 spiro atoms. The lowest BCUT2D eigenvalue weighted by molar-refractivity contribution is 0.129. The number of ether oxygens (including phenoxy) is 1. The summed E-state index contributed by atoms with van der Waals surface area (Å²) in [5.74, 6) is 1.63. The van der Waals surface area contributed by atoms with Crippen molar-refractivity contribution in [3.05, 3.63) is 30.1 Å². The van der Waals surface area contributed by atoms with Gasteiger partial charge in [0.05, 0.1) is 11.0 Å². The summed E-state index contributed by atoms with van der Waals surface area (Å²) in [6, 6.07) is 8.10. The molecule has 0 saturated heterocycles. The molecule has 5 nitrogen and oxygen atoms in total. The zero-order chi connectivity index (χ0) is 15.7. The van der Waals surface area contributed by atoms with Crippen molar-refractivity contribution >= 4 is 27.8 Å². The monoisotopic (exact) mass is 298 g/mol. The van der Waals surface area contributed by atoms with Crippen LogP contribution in [0.1, 0.15) is 33.5 Å². The van der Waals surface area contributed by atoms with E-state index in [9.17, 15) is 0 Å². The number of anilines is 1. The van der Waals surface area contributed by atoms with E-state index in [0.717, 1.165) is 33.6 Å². The number of nitrogens with zero attached hydrogens (tertiary/aromatic N) is 2. The maximum Gasteiger partial charge on any atom is 0.155 e. The number of aromatic amines is 1. The highest BCUT2D eigenvalue weighted by Crippen LogP contribution is 2.29. The Kier molecular flexibility index (Phi) is 3.74. The molecule has 3 rings (SSSR count). The third-order valence-corrected chi connectivity index (χ3v) is 3.32. The molecule has 2 heterocycles. The molecule has 22 heavy (non-hydrogen) atoms. The second-order valence-corrected chi connectivity index (χ2v) is 6.40. The number of imidazole rings is 1. The van der Waals surface area contributed by atoms with E-state index >= 15 is 0 Å².